The minimum absolute atomic E-state index is 0.0992. The molecule has 0 heterocycles. The third kappa shape index (κ3) is 33.7. The van der Waals surface area contributed by atoms with Gasteiger partial charge >= 0.3 is 19.8 Å². The van der Waals surface area contributed by atoms with Crippen molar-refractivity contribution in [1.29, 1.82) is 0 Å². The third-order valence-corrected chi connectivity index (χ3v) is 13.6. The molecular weight excluding hydrogens is 852 g/mol. The van der Waals surface area contributed by atoms with Crippen LogP contribution in [0.4, 0.5) is 0 Å². The first-order chi connectivity index (χ1) is 31.4. The second-order valence-corrected chi connectivity index (χ2v) is 20.1. The molecule has 1 fully saturated rings. The van der Waals surface area contributed by atoms with Crippen LogP contribution >= 0.6 is 7.82 Å². The van der Waals surface area contributed by atoms with Gasteiger partial charge < -0.3 is 39.9 Å². The summed E-state index contributed by atoms with van der Waals surface area (Å²) in [5, 5.41) is 50.3. The number of phosphoric acid groups is 1. The van der Waals surface area contributed by atoms with Gasteiger partial charge in [0.05, 0.1) is 6.61 Å². The van der Waals surface area contributed by atoms with Crippen molar-refractivity contribution in [3.63, 3.8) is 0 Å². The minimum atomic E-state index is -5.12. The van der Waals surface area contributed by atoms with Crippen molar-refractivity contribution >= 4 is 19.8 Å². The van der Waals surface area contributed by atoms with E-state index < -0.39 is 75.7 Å². The lowest BCUT2D eigenvalue weighted by Crippen LogP contribution is -2.64. The Hall–Kier alpha value is -1.41. The summed E-state index contributed by atoms with van der Waals surface area (Å²) in [5.41, 5.74) is 0. The predicted octanol–water partition coefficient (Wildman–Crippen LogP) is 11.4. The van der Waals surface area contributed by atoms with E-state index in [9.17, 15) is 44.6 Å². The Morgan fingerprint density at radius 2 is 0.785 bits per heavy atom. The zero-order valence-electron chi connectivity index (χ0n) is 41.1. The van der Waals surface area contributed by atoms with Gasteiger partial charge in [-0.25, -0.2) is 4.57 Å². The number of rotatable bonds is 45. The molecule has 0 spiro atoms. The Labute approximate surface area is 394 Å². The molecule has 1 aliphatic rings. The smallest absolute Gasteiger partial charge is 0.462 e. The van der Waals surface area contributed by atoms with Crippen molar-refractivity contribution in [2.45, 2.75) is 288 Å². The van der Waals surface area contributed by atoms with Gasteiger partial charge in [0, 0.05) is 12.8 Å². The molecule has 384 valence electrons. The Morgan fingerprint density at radius 1 is 0.462 bits per heavy atom. The molecule has 0 aliphatic heterocycles. The number of aliphatic hydroxyl groups excluding tert-OH is 5. The highest BCUT2D eigenvalue weighted by atomic mass is 31.2. The Balaban J connectivity index is 2.37. The van der Waals surface area contributed by atoms with Gasteiger partial charge in [-0.1, -0.05) is 206 Å². The fraction of sp³-hybridized carbons (Fsp3) is 0.922. The lowest BCUT2D eigenvalue weighted by Gasteiger charge is -2.41. The van der Waals surface area contributed by atoms with Crippen LogP contribution in [0.1, 0.15) is 245 Å². The molecule has 65 heavy (non-hydrogen) atoms. The van der Waals surface area contributed by atoms with Gasteiger partial charge in [0.2, 0.25) is 0 Å². The molecule has 6 N–H and O–H groups in total. The summed E-state index contributed by atoms with van der Waals surface area (Å²) < 4.78 is 33.7. The molecule has 6 unspecified atom stereocenters. The summed E-state index contributed by atoms with van der Waals surface area (Å²) >= 11 is 0. The third-order valence-electron chi connectivity index (χ3n) is 12.6. The van der Waals surface area contributed by atoms with Crippen molar-refractivity contribution in [3.8, 4) is 0 Å². The van der Waals surface area contributed by atoms with Crippen LogP contribution in [0.15, 0.2) is 12.2 Å². The molecule has 0 saturated heterocycles. The molecule has 0 bridgehead atoms. The molecule has 0 aromatic rings. The van der Waals surface area contributed by atoms with E-state index in [4.69, 9.17) is 18.5 Å². The summed E-state index contributed by atoms with van der Waals surface area (Å²) in [4.78, 5) is 35.8. The largest absolute Gasteiger partial charge is 0.472 e. The van der Waals surface area contributed by atoms with Crippen LogP contribution in [0.5, 0.6) is 0 Å². The highest BCUT2D eigenvalue weighted by Gasteiger charge is 2.51. The maximum absolute atomic E-state index is 12.9. The molecule has 14 heteroatoms. The first-order valence-electron chi connectivity index (χ1n) is 26.5. The van der Waals surface area contributed by atoms with Crippen molar-refractivity contribution in [3.05, 3.63) is 12.2 Å². The maximum atomic E-state index is 12.9. The van der Waals surface area contributed by atoms with E-state index in [0.717, 1.165) is 51.4 Å². The average molecular weight is 949 g/mol. The van der Waals surface area contributed by atoms with Crippen LogP contribution in [0.3, 0.4) is 0 Å². The van der Waals surface area contributed by atoms with E-state index >= 15 is 0 Å². The summed E-state index contributed by atoms with van der Waals surface area (Å²) in [7, 11) is -5.12. The van der Waals surface area contributed by atoms with Gasteiger partial charge in [-0.05, 0) is 38.5 Å². The van der Waals surface area contributed by atoms with Crippen molar-refractivity contribution in [1.82, 2.24) is 0 Å². The summed E-state index contributed by atoms with van der Waals surface area (Å²) in [6.07, 6.45) is 32.6. The van der Waals surface area contributed by atoms with Gasteiger partial charge in [-0.15, -0.1) is 0 Å². The second kappa shape index (κ2) is 41.6. The van der Waals surface area contributed by atoms with Gasteiger partial charge in [0.15, 0.2) is 6.10 Å². The van der Waals surface area contributed by atoms with E-state index in [0.29, 0.717) is 12.8 Å². The number of ether oxygens (including phenoxy) is 2. The number of esters is 2. The zero-order valence-corrected chi connectivity index (χ0v) is 41.9. The lowest BCUT2D eigenvalue weighted by molar-refractivity contribution is -0.220. The minimum Gasteiger partial charge on any atom is -0.462 e. The summed E-state index contributed by atoms with van der Waals surface area (Å²) in [6.45, 7) is 3.34. The molecule has 13 nitrogen and oxygen atoms in total. The SMILES string of the molecule is CCCCCCCCCC/C=C\CCCCCCCCCCCC(=O)OC(COC(=O)CCCCCCCCCCCCCCCCC)COP(=O)(O)OC1C(O)C(O)C(O)C(O)C1O. The number of hydrogen-bond acceptors (Lipinski definition) is 12. The maximum Gasteiger partial charge on any atom is 0.472 e. The second-order valence-electron chi connectivity index (χ2n) is 18.7. The highest BCUT2D eigenvalue weighted by molar-refractivity contribution is 7.47. The van der Waals surface area contributed by atoms with Gasteiger partial charge in [0.1, 0.15) is 43.2 Å². The van der Waals surface area contributed by atoms with E-state index in [1.807, 2.05) is 0 Å². The Kier molecular flexibility index (Phi) is 39.4. The highest BCUT2D eigenvalue weighted by Crippen LogP contribution is 2.47. The van der Waals surface area contributed by atoms with Gasteiger partial charge in [-0.2, -0.15) is 0 Å². The Morgan fingerprint density at radius 3 is 1.17 bits per heavy atom. The molecule has 1 saturated carbocycles. The van der Waals surface area contributed by atoms with E-state index in [-0.39, 0.29) is 12.8 Å². The zero-order chi connectivity index (χ0) is 47.8. The average Bonchev–Trinajstić information content (AvgIpc) is 3.29. The molecule has 0 aromatic carbocycles. The molecule has 1 rings (SSSR count). The summed E-state index contributed by atoms with van der Waals surface area (Å²) in [6, 6.07) is 0. The monoisotopic (exact) mass is 949 g/mol. The van der Waals surface area contributed by atoms with Crippen LogP contribution in [0.2, 0.25) is 0 Å². The number of aliphatic hydroxyl groups is 5. The van der Waals surface area contributed by atoms with Crippen molar-refractivity contribution in [2.24, 2.45) is 0 Å². The number of allylic oxidation sites excluding steroid dienone is 2. The summed E-state index contributed by atoms with van der Waals surface area (Å²) in [5.74, 6) is -1.09. The van der Waals surface area contributed by atoms with E-state index in [2.05, 4.69) is 26.0 Å². The van der Waals surface area contributed by atoms with Crippen LogP contribution in [0.25, 0.3) is 0 Å². The fourth-order valence-corrected chi connectivity index (χ4v) is 9.32. The number of carbonyl (C=O) groups is 2. The molecule has 0 aromatic heterocycles. The van der Waals surface area contributed by atoms with E-state index in [1.54, 1.807) is 0 Å². The normalized spacial score (nSPS) is 21.4. The van der Waals surface area contributed by atoms with Crippen LogP contribution in [-0.4, -0.2) is 98.3 Å². The molecule has 0 radical (unpaired) electrons. The van der Waals surface area contributed by atoms with E-state index in [1.165, 1.54) is 154 Å². The van der Waals surface area contributed by atoms with Crippen LogP contribution in [0, 0.1) is 0 Å². The molecule has 0 amide bonds. The molecule has 1 aliphatic carbocycles. The molecular formula is C51H97O13P. The van der Waals surface area contributed by atoms with Gasteiger partial charge in [0.25, 0.3) is 0 Å². The van der Waals surface area contributed by atoms with Crippen LogP contribution in [-0.2, 0) is 32.7 Å². The topological polar surface area (TPSA) is 210 Å². The van der Waals surface area contributed by atoms with Crippen molar-refractivity contribution in [2.75, 3.05) is 13.2 Å². The predicted molar refractivity (Wildman–Crippen MR) is 258 cm³/mol. The molecule has 6 atom stereocenters. The number of carbonyl (C=O) groups excluding carboxylic acids is 2. The van der Waals surface area contributed by atoms with Crippen molar-refractivity contribution < 1.29 is 63.1 Å². The first-order valence-corrected chi connectivity index (χ1v) is 28.0. The standard InChI is InChI=1S/C51H97O13P/c1-3-5-7-9-11-13-15-17-19-20-21-22-23-24-26-28-30-32-34-36-38-40-45(53)63-43(42-62-65(59,60)64-51-49(57)47(55)46(54)48(56)50(51)58)41-61-44(52)39-37-35-33-31-29-27-25-18-16-14-12-10-8-6-4-2/h20-21,43,46-51,54-58H,3-19,22-42H2,1-2H3,(H,59,60)/b21-20-. The number of hydrogen-bond donors (Lipinski definition) is 6. The first kappa shape index (κ1) is 61.6. The number of unbranched alkanes of at least 4 members (excludes halogenated alkanes) is 31. The van der Waals surface area contributed by atoms with Gasteiger partial charge in [-0.3, -0.25) is 18.6 Å². The van der Waals surface area contributed by atoms with Crippen LogP contribution < -0.4 is 0 Å². The fourth-order valence-electron chi connectivity index (χ4n) is 8.34. The quantitative estimate of drug-likeness (QED) is 0.0145. The number of phosphoric ester groups is 1. The Bertz CT molecular complexity index is 1190. The lowest BCUT2D eigenvalue weighted by atomic mass is 9.85.